The predicted molar refractivity (Wildman–Crippen MR) is 100 cm³/mol. The van der Waals surface area contributed by atoms with Crippen LogP contribution in [-0.2, 0) is 4.79 Å². The van der Waals surface area contributed by atoms with Crippen molar-refractivity contribution in [3.05, 3.63) is 55.0 Å². The molecule has 1 amide bonds. The zero-order valence-electron chi connectivity index (χ0n) is 13.3. The molecule has 0 heterocycles. The van der Waals surface area contributed by atoms with Gasteiger partial charge < -0.3 is 14.8 Å². The van der Waals surface area contributed by atoms with Gasteiger partial charge in [0.2, 0.25) is 0 Å². The molecule has 0 unspecified atom stereocenters. The van der Waals surface area contributed by atoms with Crippen LogP contribution < -0.4 is 14.8 Å². The van der Waals surface area contributed by atoms with Crippen molar-refractivity contribution in [1.82, 2.24) is 0 Å². The molecule has 0 aliphatic carbocycles. The minimum absolute atomic E-state index is 0.124. The summed E-state index contributed by atoms with van der Waals surface area (Å²) in [7, 11) is 1.37. The van der Waals surface area contributed by atoms with E-state index in [2.05, 4.69) is 37.2 Å². The monoisotopic (exact) mass is 472 g/mol. The van der Waals surface area contributed by atoms with E-state index in [9.17, 15) is 14.9 Å². The maximum Gasteiger partial charge on any atom is 0.273 e. The highest BCUT2D eigenvalue weighted by Gasteiger charge is 2.15. The van der Waals surface area contributed by atoms with Gasteiger partial charge in [-0.2, -0.15) is 0 Å². The van der Waals surface area contributed by atoms with Crippen LogP contribution in [0.4, 0.5) is 11.4 Å². The Hall–Kier alpha value is -2.13. The molecule has 0 aliphatic rings. The van der Waals surface area contributed by atoms with Crippen molar-refractivity contribution >= 4 is 49.1 Å². The molecule has 9 heteroatoms. The van der Waals surface area contributed by atoms with E-state index in [0.29, 0.717) is 5.69 Å². The Labute approximate surface area is 160 Å². The number of halogens is 2. The Balaban J connectivity index is 2.07. The normalized spacial score (nSPS) is 10.2. The molecule has 0 aliphatic heterocycles. The van der Waals surface area contributed by atoms with E-state index in [-0.39, 0.29) is 29.7 Å². The second-order valence-corrected chi connectivity index (χ2v) is 6.74. The van der Waals surface area contributed by atoms with Crippen LogP contribution >= 0.6 is 31.9 Å². The lowest BCUT2D eigenvalue weighted by Crippen LogP contribution is -2.21. The fourth-order valence-electron chi connectivity index (χ4n) is 2.03. The van der Waals surface area contributed by atoms with Gasteiger partial charge in [-0.1, -0.05) is 0 Å². The lowest BCUT2D eigenvalue weighted by atomic mass is 10.2. The van der Waals surface area contributed by atoms with E-state index in [1.165, 1.54) is 25.3 Å². The average molecular weight is 474 g/mol. The Morgan fingerprint density at radius 1 is 1.20 bits per heavy atom. The summed E-state index contributed by atoms with van der Waals surface area (Å²) in [6.07, 6.45) is 0. The van der Waals surface area contributed by atoms with Crippen LogP contribution in [0, 0.1) is 17.0 Å². The largest absolute Gasteiger partial charge is 0.493 e. The molecule has 0 saturated carbocycles. The molecule has 2 aromatic carbocycles. The third kappa shape index (κ3) is 4.93. The summed E-state index contributed by atoms with van der Waals surface area (Å²) >= 11 is 6.79. The first-order valence-corrected chi connectivity index (χ1v) is 8.61. The molecule has 0 spiro atoms. The zero-order chi connectivity index (χ0) is 18.6. The van der Waals surface area contributed by atoms with Gasteiger partial charge in [-0.15, -0.1) is 0 Å². The van der Waals surface area contributed by atoms with Gasteiger partial charge >= 0.3 is 0 Å². The minimum atomic E-state index is -0.536. The molecule has 1 N–H and O–H groups in total. The molecule has 0 fully saturated rings. The van der Waals surface area contributed by atoms with Crippen LogP contribution in [0.5, 0.6) is 11.5 Å². The van der Waals surface area contributed by atoms with Crippen LogP contribution in [-0.4, -0.2) is 24.5 Å². The van der Waals surface area contributed by atoms with Gasteiger partial charge in [0.1, 0.15) is 0 Å². The van der Waals surface area contributed by atoms with Crippen molar-refractivity contribution < 1.29 is 19.2 Å². The number of nitro groups is 1. The highest BCUT2D eigenvalue weighted by Crippen LogP contribution is 2.33. The van der Waals surface area contributed by atoms with Crippen LogP contribution in [0.3, 0.4) is 0 Å². The van der Waals surface area contributed by atoms with Crippen molar-refractivity contribution in [1.29, 1.82) is 0 Å². The highest BCUT2D eigenvalue weighted by molar-refractivity contribution is 9.11. The van der Waals surface area contributed by atoms with E-state index < -0.39 is 4.92 Å². The number of amides is 1. The summed E-state index contributed by atoms with van der Waals surface area (Å²) in [6.45, 7) is 1.66. The molecule has 0 saturated heterocycles. The molecule has 0 radical (unpaired) electrons. The van der Waals surface area contributed by atoms with Gasteiger partial charge in [-0.3, -0.25) is 14.9 Å². The molecule has 0 aromatic heterocycles. The van der Waals surface area contributed by atoms with Crippen molar-refractivity contribution in [3.63, 3.8) is 0 Å². The van der Waals surface area contributed by atoms with Gasteiger partial charge in [0, 0.05) is 15.0 Å². The molecule has 0 bridgehead atoms. The molecule has 7 nitrogen and oxygen atoms in total. The molecular formula is C16H14Br2N2O5. The number of nitro benzene ring substituents is 1. The SMILES string of the molecule is COc1cc([N+](=O)[O-])ccc1OCC(=O)Nc1c(Br)cc(C)cc1Br. The Kier molecular flexibility index (Phi) is 6.38. The summed E-state index contributed by atoms with van der Waals surface area (Å²) in [5, 5.41) is 13.5. The van der Waals surface area contributed by atoms with Gasteiger partial charge in [0.25, 0.3) is 11.6 Å². The average Bonchev–Trinajstić information content (AvgIpc) is 2.55. The van der Waals surface area contributed by atoms with Crippen LogP contribution in [0.25, 0.3) is 0 Å². The lowest BCUT2D eigenvalue weighted by Gasteiger charge is -2.13. The summed E-state index contributed by atoms with van der Waals surface area (Å²) in [5.74, 6) is 0.0376. The number of carbonyl (C=O) groups excluding carboxylic acids is 1. The topological polar surface area (TPSA) is 90.7 Å². The maximum atomic E-state index is 12.1. The smallest absolute Gasteiger partial charge is 0.273 e. The van der Waals surface area contributed by atoms with E-state index in [1.807, 2.05) is 19.1 Å². The predicted octanol–water partition coefficient (Wildman–Crippen LogP) is 4.45. The first kappa shape index (κ1) is 19.2. The maximum absolute atomic E-state index is 12.1. The first-order chi connectivity index (χ1) is 11.8. The standard InChI is InChI=1S/C16H14Br2N2O5/c1-9-5-11(17)16(12(18)6-9)19-15(21)8-25-13-4-3-10(20(22)23)7-14(13)24-2/h3-7H,8H2,1-2H3,(H,19,21). The summed E-state index contributed by atoms with van der Waals surface area (Å²) < 4.78 is 11.9. The molecule has 2 rings (SSSR count). The first-order valence-electron chi connectivity index (χ1n) is 7.02. The van der Waals surface area contributed by atoms with Crippen molar-refractivity contribution in [2.75, 3.05) is 19.0 Å². The van der Waals surface area contributed by atoms with Crippen molar-refractivity contribution in [2.24, 2.45) is 0 Å². The van der Waals surface area contributed by atoms with Gasteiger partial charge in [-0.05, 0) is 62.5 Å². The third-order valence-corrected chi connectivity index (χ3v) is 4.42. The van der Waals surface area contributed by atoms with Crippen molar-refractivity contribution in [2.45, 2.75) is 6.92 Å². The fraction of sp³-hybridized carbons (Fsp3) is 0.188. The van der Waals surface area contributed by atoms with E-state index >= 15 is 0 Å². The number of nitrogens with one attached hydrogen (secondary N) is 1. The van der Waals surface area contributed by atoms with E-state index in [4.69, 9.17) is 9.47 Å². The Morgan fingerprint density at radius 2 is 1.84 bits per heavy atom. The zero-order valence-corrected chi connectivity index (χ0v) is 16.5. The number of ether oxygens (including phenoxy) is 2. The van der Waals surface area contributed by atoms with Crippen molar-refractivity contribution in [3.8, 4) is 11.5 Å². The van der Waals surface area contributed by atoms with Crippen LogP contribution in [0.2, 0.25) is 0 Å². The number of benzene rings is 2. The number of nitrogens with zero attached hydrogens (tertiary/aromatic N) is 1. The lowest BCUT2D eigenvalue weighted by molar-refractivity contribution is -0.384. The van der Waals surface area contributed by atoms with Gasteiger partial charge in [0.05, 0.1) is 23.8 Å². The molecule has 25 heavy (non-hydrogen) atoms. The fourth-order valence-corrected chi connectivity index (χ4v) is 3.64. The summed E-state index contributed by atoms with van der Waals surface area (Å²) in [5.41, 5.74) is 1.50. The number of hydrogen-bond donors (Lipinski definition) is 1. The molecule has 2 aromatic rings. The Morgan fingerprint density at radius 3 is 2.40 bits per heavy atom. The minimum Gasteiger partial charge on any atom is -0.493 e. The number of carbonyl (C=O) groups is 1. The second-order valence-electron chi connectivity index (χ2n) is 5.03. The summed E-state index contributed by atoms with van der Waals surface area (Å²) in [6, 6.07) is 7.66. The van der Waals surface area contributed by atoms with Crippen LogP contribution in [0.15, 0.2) is 39.3 Å². The second kappa shape index (κ2) is 8.30. The molecule has 132 valence electrons. The number of anilines is 1. The van der Waals surface area contributed by atoms with Gasteiger partial charge in [-0.25, -0.2) is 0 Å². The third-order valence-electron chi connectivity index (χ3n) is 3.17. The van der Waals surface area contributed by atoms with Crippen LogP contribution in [0.1, 0.15) is 5.56 Å². The number of hydrogen-bond acceptors (Lipinski definition) is 5. The number of non-ortho nitro benzene ring substituents is 1. The number of aryl methyl sites for hydroxylation is 1. The highest BCUT2D eigenvalue weighted by atomic mass is 79.9. The Bertz CT molecular complexity index is 803. The van der Waals surface area contributed by atoms with E-state index in [0.717, 1.165) is 14.5 Å². The molecule has 0 atom stereocenters. The number of rotatable bonds is 6. The number of methoxy groups -OCH3 is 1. The van der Waals surface area contributed by atoms with E-state index in [1.54, 1.807) is 0 Å². The quantitative estimate of drug-likeness (QED) is 0.494. The van der Waals surface area contributed by atoms with Gasteiger partial charge in [0.15, 0.2) is 18.1 Å². The molecular weight excluding hydrogens is 460 g/mol. The summed E-state index contributed by atoms with van der Waals surface area (Å²) in [4.78, 5) is 22.4.